The molecule has 1 amide bonds. The average Bonchev–Trinajstić information content (AvgIpc) is 2.70. The van der Waals surface area contributed by atoms with Gasteiger partial charge in [-0.2, -0.15) is 0 Å². The van der Waals surface area contributed by atoms with E-state index < -0.39 is 0 Å². The van der Waals surface area contributed by atoms with Crippen molar-refractivity contribution in [3.63, 3.8) is 0 Å². The molecule has 1 heterocycles. The van der Waals surface area contributed by atoms with Gasteiger partial charge in [-0.25, -0.2) is 0 Å². The Morgan fingerprint density at radius 2 is 1.62 bits per heavy atom. The number of rotatable bonds is 6. The zero-order valence-electron chi connectivity index (χ0n) is 15.5. The van der Waals surface area contributed by atoms with Gasteiger partial charge in [0, 0.05) is 37.4 Å². The molecule has 138 valence electrons. The van der Waals surface area contributed by atoms with Crippen LogP contribution in [0.1, 0.15) is 31.7 Å². The average molecular weight is 352 g/mol. The number of para-hydroxylation sites is 1. The Kier molecular flexibility index (Phi) is 6.07. The fourth-order valence-electron chi connectivity index (χ4n) is 3.80. The van der Waals surface area contributed by atoms with Crippen molar-refractivity contribution in [1.29, 1.82) is 0 Å². The second-order valence-corrected chi connectivity index (χ2v) is 7.15. The number of likely N-dealkylation sites (tertiary alicyclic amines) is 1. The van der Waals surface area contributed by atoms with Crippen LogP contribution in [0.5, 0.6) is 0 Å². The summed E-state index contributed by atoms with van der Waals surface area (Å²) < 4.78 is -0.145. The summed E-state index contributed by atoms with van der Waals surface area (Å²) in [6.07, 6.45) is 2.82. The van der Waals surface area contributed by atoms with Crippen molar-refractivity contribution in [3.8, 4) is 0 Å². The fraction of sp³-hybridized carbons (Fsp3) is 0.409. The standard InChI is InChI=1S/C22H28N2O2/c1-2-22(25)23(20-11-7-4-8-12-20)21-14-17-24(26,18-15-21)16-13-19-9-5-3-6-10-19/h3-12,21H,2,13-18H2,1H3/t21-,24+. The van der Waals surface area contributed by atoms with Crippen LogP contribution in [0.15, 0.2) is 60.7 Å². The highest BCUT2D eigenvalue weighted by Gasteiger charge is 2.32. The molecule has 0 N–H and O–H groups in total. The number of quaternary nitrogens is 1. The minimum atomic E-state index is -0.145. The number of benzene rings is 2. The normalized spacial score (nSPS) is 22.8. The Balaban J connectivity index is 1.63. The molecular formula is C22H28N2O2. The maximum Gasteiger partial charge on any atom is 0.226 e. The summed E-state index contributed by atoms with van der Waals surface area (Å²) in [6.45, 7) is 3.67. The maximum atomic E-state index is 13.1. The number of hydrogen-bond donors (Lipinski definition) is 0. The third-order valence-corrected chi connectivity index (χ3v) is 5.36. The molecule has 2 aromatic carbocycles. The lowest BCUT2D eigenvalue weighted by atomic mass is 10.0. The van der Waals surface area contributed by atoms with Gasteiger partial charge in [0.25, 0.3) is 0 Å². The first kappa shape index (κ1) is 18.6. The highest BCUT2D eigenvalue weighted by Crippen LogP contribution is 2.27. The Hall–Kier alpha value is -2.17. The quantitative estimate of drug-likeness (QED) is 0.579. The van der Waals surface area contributed by atoms with Gasteiger partial charge in [-0.15, -0.1) is 0 Å². The molecule has 1 aliphatic heterocycles. The Morgan fingerprint density at radius 1 is 1.04 bits per heavy atom. The zero-order valence-corrected chi connectivity index (χ0v) is 15.5. The lowest BCUT2D eigenvalue weighted by Gasteiger charge is -2.49. The number of carbonyl (C=O) groups excluding carboxylic acids is 1. The highest BCUT2D eigenvalue weighted by atomic mass is 16.5. The van der Waals surface area contributed by atoms with Gasteiger partial charge in [-0.05, 0) is 17.7 Å². The van der Waals surface area contributed by atoms with Crippen LogP contribution in [0.25, 0.3) is 0 Å². The summed E-state index contributed by atoms with van der Waals surface area (Å²) >= 11 is 0. The molecule has 4 heteroatoms. The highest BCUT2D eigenvalue weighted by molar-refractivity contribution is 5.93. The molecule has 0 atom stereocenters. The lowest BCUT2D eigenvalue weighted by molar-refractivity contribution is -0.885. The number of hydrogen-bond acceptors (Lipinski definition) is 2. The summed E-state index contributed by atoms with van der Waals surface area (Å²) in [7, 11) is 0. The van der Waals surface area contributed by atoms with Gasteiger partial charge < -0.3 is 14.8 Å². The van der Waals surface area contributed by atoms with Gasteiger partial charge in [-0.1, -0.05) is 55.5 Å². The van der Waals surface area contributed by atoms with Crippen molar-refractivity contribution in [1.82, 2.24) is 0 Å². The van der Waals surface area contributed by atoms with E-state index in [1.807, 2.05) is 60.4 Å². The Morgan fingerprint density at radius 3 is 2.19 bits per heavy atom. The van der Waals surface area contributed by atoms with Crippen LogP contribution in [0.4, 0.5) is 5.69 Å². The summed E-state index contributed by atoms with van der Waals surface area (Å²) in [4.78, 5) is 14.4. The molecule has 0 bridgehead atoms. The summed E-state index contributed by atoms with van der Waals surface area (Å²) in [6, 6.07) is 20.2. The number of amides is 1. The first-order valence-corrected chi connectivity index (χ1v) is 9.59. The van der Waals surface area contributed by atoms with Crippen LogP contribution < -0.4 is 4.90 Å². The molecular weight excluding hydrogens is 324 g/mol. The van der Waals surface area contributed by atoms with Gasteiger partial charge in [0.05, 0.1) is 19.6 Å². The minimum absolute atomic E-state index is 0.127. The molecule has 3 rings (SSSR count). The predicted molar refractivity (Wildman–Crippen MR) is 106 cm³/mol. The van der Waals surface area contributed by atoms with E-state index in [1.165, 1.54) is 5.56 Å². The molecule has 0 aliphatic carbocycles. The maximum absolute atomic E-state index is 13.1. The van der Waals surface area contributed by atoms with E-state index in [0.29, 0.717) is 26.1 Å². The molecule has 0 unspecified atom stereocenters. The number of nitrogens with zero attached hydrogens (tertiary/aromatic N) is 2. The van der Waals surface area contributed by atoms with Crippen molar-refractivity contribution in [3.05, 3.63) is 71.4 Å². The fourth-order valence-corrected chi connectivity index (χ4v) is 3.80. The molecule has 0 radical (unpaired) electrons. The van der Waals surface area contributed by atoms with Crippen LogP contribution in [-0.4, -0.2) is 36.2 Å². The van der Waals surface area contributed by atoms with Gasteiger partial charge >= 0.3 is 0 Å². The largest absolute Gasteiger partial charge is 0.633 e. The lowest BCUT2D eigenvalue weighted by Crippen LogP contribution is -2.55. The molecule has 1 fully saturated rings. The molecule has 2 aromatic rings. The van der Waals surface area contributed by atoms with Crippen LogP contribution in [0.3, 0.4) is 0 Å². The smallest absolute Gasteiger partial charge is 0.226 e. The van der Waals surface area contributed by atoms with Crippen LogP contribution in [-0.2, 0) is 11.2 Å². The van der Waals surface area contributed by atoms with Crippen LogP contribution >= 0.6 is 0 Å². The second kappa shape index (κ2) is 8.47. The number of carbonyl (C=O) groups is 1. The van der Waals surface area contributed by atoms with Crippen molar-refractivity contribution < 1.29 is 9.44 Å². The van der Waals surface area contributed by atoms with Gasteiger partial charge in [0.15, 0.2) is 0 Å². The van der Waals surface area contributed by atoms with Crippen LogP contribution in [0.2, 0.25) is 0 Å². The predicted octanol–water partition coefficient (Wildman–Crippen LogP) is 4.15. The number of hydroxylamine groups is 3. The van der Waals surface area contributed by atoms with E-state index in [9.17, 15) is 10.0 Å². The van der Waals surface area contributed by atoms with E-state index in [2.05, 4.69) is 12.1 Å². The number of piperidine rings is 1. The summed E-state index contributed by atoms with van der Waals surface area (Å²) in [5, 5.41) is 13.1. The van der Waals surface area contributed by atoms with Gasteiger partial charge in [0.2, 0.25) is 5.91 Å². The van der Waals surface area contributed by atoms with Crippen molar-refractivity contribution in [2.75, 3.05) is 24.5 Å². The molecule has 0 saturated carbocycles. The van der Waals surface area contributed by atoms with E-state index in [1.54, 1.807) is 0 Å². The van der Waals surface area contributed by atoms with Gasteiger partial charge in [-0.3, -0.25) is 4.79 Å². The monoisotopic (exact) mass is 352 g/mol. The zero-order chi connectivity index (χ0) is 18.4. The first-order valence-electron chi connectivity index (χ1n) is 9.59. The van der Waals surface area contributed by atoms with Crippen molar-refractivity contribution in [2.24, 2.45) is 0 Å². The molecule has 1 saturated heterocycles. The minimum Gasteiger partial charge on any atom is -0.633 e. The van der Waals surface area contributed by atoms with E-state index in [-0.39, 0.29) is 16.6 Å². The van der Waals surface area contributed by atoms with Crippen molar-refractivity contribution >= 4 is 11.6 Å². The third-order valence-electron chi connectivity index (χ3n) is 5.36. The Labute approximate surface area is 156 Å². The topological polar surface area (TPSA) is 43.4 Å². The third kappa shape index (κ3) is 4.51. The second-order valence-electron chi connectivity index (χ2n) is 7.15. The Bertz CT molecular complexity index is 695. The molecule has 1 aliphatic rings. The molecule has 0 aromatic heterocycles. The first-order chi connectivity index (χ1) is 12.6. The summed E-state index contributed by atoms with van der Waals surface area (Å²) in [5.74, 6) is 0.136. The SMILES string of the molecule is CCC(=O)N(c1ccccc1)[C@H]1CC[N@+]([O-])(CCc2ccccc2)CC1. The van der Waals surface area contributed by atoms with Crippen molar-refractivity contribution in [2.45, 2.75) is 38.6 Å². The molecule has 0 spiro atoms. The van der Waals surface area contributed by atoms with E-state index in [0.717, 1.165) is 24.9 Å². The summed E-state index contributed by atoms with van der Waals surface area (Å²) in [5.41, 5.74) is 2.16. The molecule has 26 heavy (non-hydrogen) atoms. The van der Waals surface area contributed by atoms with E-state index >= 15 is 0 Å². The van der Waals surface area contributed by atoms with E-state index in [4.69, 9.17) is 0 Å². The van der Waals surface area contributed by atoms with Gasteiger partial charge in [0.1, 0.15) is 0 Å². The van der Waals surface area contributed by atoms with Crippen LogP contribution in [0, 0.1) is 5.21 Å². The molecule has 4 nitrogen and oxygen atoms in total. The number of anilines is 1.